The Hall–Kier alpha value is -2.28. The molecule has 8 rings (SSSR count). The summed E-state index contributed by atoms with van der Waals surface area (Å²) in [5.41, 5.74) is 15.1. The van der Waals surface area contributed by atoms with Crippen LogP contribution in [0.3, 0.4) is 0 Å². The first-order valence-corrected chi connectivity index (χ1v) is 32.8. The fraction of sp³-hybridized carbons (Fsp3) is 0.278. The molecule has 0 saturated carbocycles. The van der Waals surface area contributed by atoms with Gasteiger partial charge in [-0.05, 0) is 0 Å². The van der Waals surface area contributed by atoms with E-state index in [2.05, 4.69) is 99.9 Å². The third-order valence-corrected chi connectivity index (χ3v) is 31.0. The summed E-state index contributed by atoms with van der Waals surface area (Å²) in [5, 5.41) is 6.00. The molecule has 4 aliphatic rings. The first-order valence-electron chi connectivity index (χ1n) is 14.6. The molecule has 0 nitrogen and oxygen atoms in total. The number of hydrogen-bond acceptors (Lipinski definition) is 0. The van der Waals surface area contributed by atoms with Crippen molar-refractivity contribution in [1.29, 1.82) is 0 Å². The van der Waals surface area contributed by atoms with E-state index >= 15 is 0 Å². The second-order valence-electron chi connectivity index (χ2n) is 17.0. The Morgan fingerprint density at radius 2 is 0.974 bits per heavy atom. The summed E-state index contributed by atoms with van der Waals surface area (Å²) in [7, 11) is 0. The average Bonchev–Trinajstić information content (AvgIpc) is 3.58. The van der Waals surface area contributed by atoms with Gasteiger partial charge >= 0.3 is 223 Å². The minimum absolute atomic E-state index is 1.17. The van der Waals surface area contributed by atoms with Crippen LogP contribution in [0.5, 0.6) is 0 Å². The minimum atomic E-state index is -4.85. The quantitative estimate of drug-likeness (QED) is 0.181. The SMILES string of the molecule is CC1=Cc2c(cc3c4c(cccc24)CC3)[C]1=[Zr]([CH3])([CH3])([CH3])([CH3])(=[SiH2])=[C]1C(C)=Cc2c1cc1c3c(cccc23)CC1. The fourth-order valence-electron chi connectivity index (χ4n) is 10.0. The van der Waals surface area contributed by atoms with E-state index in [1.54, 1.807) is 17.5 Å². The number of hydrogen-bond donors (Lipinski definition) is 0. The van der Waals surface area contributed by atoms with E-state index in [-0.39, 0.29) is 0 Å². The van der Waals surface area contributed by atoms with E-state index in [1.165, 1.54) is 91.8 Å². The standard InChI is InChI=1S/2C16H12.4CH3.H2Si.Zr/c2*1-10-7-13-9-12-6-5-11-3-2-4-14(16(11)12)15(13)8-10;;;;;;/h2*2-4,8-9H,5-6H2,1H3;4*1H3;1H2;. The zero-order chi connectivity index (χ0) is 26.5. The van der Waals surface area contributed by atoms with Crippen molar-refractivity contribution < 1.29 is 13.5 Å². The molecule has 0 saturated heterocycles. The second-order valence-corrected chi connectivity index (χ2v) is 74.2. The van der Waals surface area contributed by atoms with Crippen LogP contribution < -0.4 is 0 Å². The zero-order valence-electron chi connectivity index (χ0n) is 23.8. The first-order chi connectivity index (χ1) is 17.7. The molecule has 0 aromatic heterocycles. The molecule has 2 heteroatoms. The molecule has 0 unspecified atom stereocenters. The third-order valence-electron chi connectivity index (χ3n) is 10.7. The van der Waals surface area contributed by atoms with Crippen LogP contribution in [0.4, 0.5) is 0 Å². The van der Waals surface area contributed by atoms with Crippen molar-refractivity contribution in [2.24, 2.45) is 0 Å². The summed E-state index contributed by atoms with van der Waals surface area (Å²) in [4.78, 5) is 0. The Balaban J connectivity index is 1.64. The monoisotopic (exact) mass is 588 g/mol. The summed E-state index contributed by atoms with van der Waals surface area (Å²) in [6.07, 6.45) is 9.78. The molecule has 4 aliphatic carbocycles. The molecule has 0 N–H and O–H groups in total. The molecule has 4 aromatic carbocycles. The molecule has 0 radical (unpaired) electrons. The van der Waals surface area contributed by atoms with Gasteiger partial charge in [-0.15, -0.1) is 0 Å². The van der Waals surface area contributed by atoms with Crippen LogP contribution in [0.15, 0.2) is 59.7 Å². The van der Waals surface area contributed by atoms with E-state index in [0.717, 1.165) is 0 Å². The Morgan fingerprint density at radius 1 is 0.579 bits per heavy atom. The van der Waals surface area contributed by atoms with E-state index < -0.39 is 13.5 Å². The molecule has 0 spiro atoms. The maximum atomic E-state index is 2.73. The van der Waals surface area contributed by atoms with Gasteiger partial charge in [-0.3, -0.25) is 0 Å². The van der Waals surface area contributed by atoms with E-state index in [9.17, 15) is 0 Å². The predicted octanol–water partition coefficient (Wildman–Crippen LogP) is 8.27. The van der Waals surface area contributed by atoms with Crippen molar-refractivity contribution in [3.63, 3.8) is 0 Å². The molecule has 0 amide bonds. The van der Waals surface area contributed by atoms with E-state index in [0.29, 0.717) is 0 Å². The molecule has 0 fully saturated rings. The van der Waals surface area contributed by atoms with Gasteiger partial charge in [-0.1, -0.05) is 0 Å². The maximum absolute atomic E-state index is 4.85. The van der Waals surface area contributed by atoms with Gasteiger partial charge in [0, 0.05) is 0 Å². The molecular formula is C36H38SiZr. The molecule has 38 heavy (non-hydrogen) atoms. The van der Waals surface area contributed by atoms with Gasteiger partial charge in [-0.2, -0.15) is 0 Å². The molecule has 0 atom stereocenters. The summed E-state index contributed by atoms with van der Waals surface area (Å²) < 4.78 is 14.3. The van der Waals surface area contributed by atoms with Crippen LogP contribution in [0.1, 0.15) is 58.4 Å². The van der Waals surface area contributed by atoms with Crippen molar-refractivity contribution in [3.05, 3.63) is 104 Å². The van der Waals surface area contributed by atoms with Gasteiger partial charge in [0.15, 0.2) is 0 Å². The van der Waals surface area contributed by atoms with Crippen LogP contribution in [0.2, 0.25) is 18.5 Å². The van der Waals surface area contributed by atoms with Crippen molar-refractivity contribution in [3.8, 4) is 0 Å². The molecule has 0 heterocycles. The Morgan fingerprint density at radius 3 is 1.39 bits per heavy atom. The fourth-order valence-corrected chi connectivity index (χ4v) is 34.5. The number of aryl methyl sites for hydroxylation is 4. The summed E-state index contributed by atoms with van der Waals surface area (Å²) in [5.74, 6) is 0. The van der Waals surface area contributed by atoms with Crippen molar-refractivity contribution >= 4 is 47.0 Å². The van der Waals surface area contributed by atoms with Gasteiger partial charge < -0.3 is 0 Å². The van der Waals surface area contributed by atoms with Gasteiger partial charge in [0.25, 0.3) is 0 Å². The van der Waals surface area contributed by atoms with Crippen LogP contribution >= 0.6 is 0 Å². The third kappa shape index (κ3) is 2.70. The number of fused-ring (bicyclic) bond motifs is 4. The molecule has 0 aliphatic heterocycles. The zero-order valence-corrected chi connectivity index (χ0v) is 27.7. The number of benzene rings is 4. The molecule has 190 valence electrons. The van der Waals surface area contributed by atoms with E-state index in [1.807, 2.05) is 0 Å². The van der Waals surface area contributed by atoms with Gasteiger partial charge in [-0.25, -0.2) is 0 Å². The van der Waals surface area contributed by atoms with Gasteiger partial charge in [0.05, 0.1) is 0 Å². The predicted molar refractivity (Wildman–Crippen MR) is 170 cm³/mol. The van der Waals surface area contributed by atoms with Crippen LogP contribution in [0, 0.1) is 0 Å². The second kappa shape index (κ2) is 6.06. The van der Waals surface area contributed by atoms with Crippen molar-refractivity contribution in [2.45, 2.75) is 58.1 Å². The van der Waals surface area contributed by atoms with Gasteiger partial charge in [0.1, 0.15) is 0 Å². The molecular weight excluding hydrogens is 552 g/mol. The summed E-state index contributed by atoms with van der Waals surface area (Å²) in [6.45, 7) is 7.21. The van der Waals surface area contributed by atoms with Crippen LogP contribution in [-0.4, -0.2) is 13.3 Å². The average molecular weight is 590 g/mol. The Labute approximate surface area is 221 Å². The van der Waals surface area contributed by atoms with Crippen LogP contribution in [-0.2, 0) is 39.1 Å². The van der Waals surface area contributed by atoms with Crippen molar-refractivity contribution in [2.75, 3.05) is 0 Å². The molecule has 0 bridgehead atoms. The summed E-state index contributed by atoms with van der Waals surface area (Å²) in [6, 6.07) is 19.2. The topological polar surface area (TPSA) is 0 Å². The van der Waals surface area contributed by atoms with Crippen LogP contribution in [0.25, 0.3) is 33.7 Å². The number of allylic oxidation sites excluding steroid dienone is 2. The van der Waals surface area contributed by atoms with E-state index in [4.69, 9.17) is 0 Å². The molecule has 4 aromatic rings. The summed E-state index contributed by atoms with van der Waals surface area (Å²) >= 11 is -4.85. The van der Waals surface area contributed by atoms with Gasteiger partial charge in [0.2, 0.25) is 0 Å². The first kappa shape index (κ1) is 23.6. The Bertz CT molecular complexity index is 2180. The number of rotatable bonds is 0. The Kier molecular flexibility index (Phi) is 3.76. The normalized spacial score (nSPS) is 18.9. The van der Waals surface area contributed by atoms with Crippen molar-refractivity contribution in [1.82, 2.24) is 0 Å².